The lowest BCUT2D eigenvalue weighted by Crippen LogP contribution is -2.11. The summed E-state index contributed by atoms with van der Waals surface area (Å²) < 4.78 is 5.67. The first-order chi connectivity index (χ1) is 13.1. The molecule has 2 N–H and O–H groups in total. The van der Waals surface area contributed by atoms with Crippen LogP contribution in [0.25, 0.3) is 22.1 Å². The molecule has 0 saturated heterocycles. The fourth-order valence-corrected chi connectivity index (χ4v) is 3.34. The van der Waals surface area contributed by atoms with Crippen molar-refractivity contribution in [2.75, 3.05) is 0 Å². The minimum Gasteiger partial charge on any atom is -0.422 e. The van der Waals surface area contributed by atoms with E-state index in [1.807, 2.05) is 55.5 Å². The zero-order valence-corrected chi connectivity index (χ0v) is 15.1. The van der Waals surface area contributed by atoms with E-state index in [1.165, 1.54) is 0 Å². The topological polar surface area (TPSA) is 69.1 Å². The molecule has 0 bridgehead atoms. The Morgan fingerprint density at radius 3 is 2.78 bits per heavy atom. The second-order valence-electron chi connectivity index (χ2n) is 6.70. The standard InChI is InChI=1S/C23H20N2O2/c1-15-20-8-6-18(17-9-11-25-12-10-17)14-22(20)27-23(26)21(15)13-16-3-2-4-19(24)7-5-16/h2-6,8-12,14H,7,13,24H2,1H3. The van der Waals surface area contributed by atoms with Crippen molar-refractivity contribution in [1.82, 2.24) is 4.98 Å². The first-order valence-corrected chi connectivity index (χ1v) is 8.90. The Kier molecular flexibility index (Phi) is 4.47. The van der Waals surface area contributed by atoms with Gasteiger partial charge in [0.05, 0.1) is 0 Å². The van der Waals surface area contributed by atoms with Crippen LogP contribution in [-0.4, -0.2) is 4.98 Å². The Balaban J connectivity index is 1.75. The van der Waals surface area contributed by atoms with Crippen molar-refractivity contribution in [2.45, 2.75) is 19.8 Å². The van der Waals surface area contributed by atoms with E-state index < -0.39 is 0 Å². The largest absolute Gasteiger partial charge is 0.422 e. The molecule has 0 aliphatic heterocycles. The molecule has 0 fully saturated rings. The number of aromatic nitrogens is 1. The van der Waals surface area contributed by atoms with Gasteiger partial charge < -0.3 is 10.2 Å². The highest BCUT2D eigenvalue weighted by Gasteiger charge is 2.13. The van der Waals surface area contributed by atoms with Gasteiger partial charge in [0, 0.05) is 41.9 Å². The summed E-state index contributed by atoms with van der Waals surface area (Å²) in [4.78, 5) is 16.7. The van der Waals surface area contributed by atoms with E-state index >= 15 is 0 Å². The summed E-state index contributed by atoms with van der Waals surface area (Å²) in [7, 11) is 0. The first kappa shape index (κ1) is 17.0. The fraction of sp³-hybridized carbons (Fsp3) is 0.130. The smallest absolute Gasteiger partial charge is 0.340 e. The average Bonchev–Trinajstić information content (AvgIpc) is 2.89. The van der Waals surface area contributed by atoms with E-state index in [0.717, 1.165) is 33.3 Å². The van der Waals surface area contributed by atoms with Crippen molar-refractivity contribution in [3.05, 3.63) is 99.8 Å². The minimum atomic E-state index is -0.286. The highest BCUT2D eigenvalue weighted by molar-refractivity contribution is 5.85. The Hall–Kier alpha value is -3.40. The predicted molar refractivity (Wildman–Crippen MR) is 108 cm³/mol. The number of aryl methyl sites for hydroxylation is 1. The fourth-order valence-electron chi connectivity index (χ4n) is 3.34. The van der Waals surface area contributed by atoms with E-state index in [4.69, 9.17) is 10.2 Å². The molecular weight excluding hydrogens is 336 g/mol. The van der Waals surface area contributed by atoms with Crippen LogP contribution in [0.15, 0.2) is 87.5 Å². The van der Waals surface area contributed by atoms with E-state index in [1.54, 1.807) is 12.4 Å². The molecule has 2 heterocycles. The molecule has 4 rings (SSSR count). The summed E-state index contributed by atoms with van der Waals surface area (Å²) in [5.74, 6) is 0. The van der Waals surface area contributed by atoms with Gasteiger partial charge in [0.2, 0.25) is 0 Å². The molecule has 0 saturated carbocycles. The highest BCUT2D eigenvalue weighted by atomic mass is 16.4. The predicted octanol–water partition coefficient (Wildman–Crippen LogP) is 4.43. The van der Waals surface area contributed by atoms with Crippen LogP contribution in [0.5, 0.6) is 0 Å². The normalized spacial score (nSPS) is 14.0. The number of fused-ring (bicyclic) bond motifs is 1. The molecular formula is C23H20N2O2. The molecule has 0 unspecified atom stereocenters. The molecule has 0 spiro atoms. The second-order valence-corrected chi connectivity index (χ2v) is 6.70. The third-order valence-electron chi connectivity index (χ3n) is 4.90. The quantitative estimate of drug-likeness (QED) is 0.705. The van der Waals surface area contributed by atoms with E-state index in [0.29, 0.717) is 24.0 Å². The number of hydrogen-bond acceptors (Lipinski definition) is 4. The molecule has 2 aromatic heterocycles. The van der Waals surface area contributed by atoms with Crippen LogP contribution >= 0.6 is 0 Å². The monoisotopic (exact) mass is 356 g/mol. The Labute approximate surface area is 157 Å². The summed E-state index contributed by atoms with van der Waals surface area (Å²) >= 11 is 0. The van der Waals surface area contributed by atoms with Gasteiger partial charge in [-0.2, -0.15) is 0 Å². The molecule has 3 aromatic rings. The number of nitrogens with two attached hydrogens (primary N) is 1. The lowest BCUT2D eigenvalue weighted by Gasteiger charge is -2.10. The van der Waals surface area contributed by atoms with Crippen LogP contribution in [0.3, 0.4) is 0 Å². The third-order valence-corrected chi connectivity index (χ3v) is 4.90. The van der Waals surface area contributed by atoms with Crippen molar-refractivity contribution in [1.29, 1.82) is 0 Å². The number of nitrogens with zero attached hydrogens (tertiary/aromatic N) is 1. The number of allylic oxidation sites excluding steroid dienone is 5. The number of pyridine rings is 1. The zero-order chi connectivity index (χ0) is 18.8. The maximum absolute atomic E-state index is 12.7. The van der Waals surface area contributed by atoms with E-state index in [2.05, 4.69) is 11.1 Å². The van der Waals surface area contributed by atoms with E-state index in [-0.39, 0.29) is 5.63 Å². The van der Waals surface area contributed by atoms with E-state index in [9.17, 15) is 4.79 Å². The summed E-state index contributed by atoms with van der Waals surface area (Å²) in [6.45, 7) is 1.98. The van der Waals surface area contributed by atoms with Gasteiger partial charge >= 0.3 is 5.63 Å². The molecule has 0 amide bonds. The summed E-state index contributed by atoms with van der Waals surface area (Å²) in [6.07, 6.45) is 12.6. The van der Waals surface area contributed by atoms with Crippen molar-refractivity contribution in [3.63, 3.8) is 0 Å². The molecule has 27 heavy (non-hydrogen) atoms. The lowest BCUT2D eigenvalue weighted by atomic mass is 9.97. The van der Waals surface area contributed by atoms with Gasteiger partial charge in [0.1, 0.15) is 5.58 Å². The number of hydrogen-bond donors (Lipinski definition) is 1. The maximum atomic E-state index is 12.7. The van der Waals surface area contributed by atoms with Crippen LogP contribution in [0.1, 0.15) is 17.5 Å². The molecule has 4 nitrogen and oxygen atoms in total. The summed E-state index contributed by atoms with van der Waals surface area (Å²) in [6, 6.07) is 9.85. The molecule has 0 radical (unpaired) electrons. The van der Waals surface area contributed by atoms with Crippen molar-refractivity contribution in [2.24, 2.45) is 5.73 Å². The van der Waals surface area contributed by atoms with Crippen LogP contribution in [0.2, 0.25) is 0 Å². The Morgan fingerprint density at radius 1 is 1.15 bits per heavy atom. The first-order valence-electron chi connectivity index (χ1n) is 8.90. The van der Waals surface area contributed by atoms with Gasteiger partial charge in [-0.25, -0.2) is 4.79 Å². The van der Waals surface area contributed by atoms with Crippen LogP contribution in [0, 0.1) is 6.92 Å². The SMILES string of the molecule is Cc1c(CC2=CCC(N)=CC=C2)c(=O)oc2cc(-c3ccncc3)ccc12. The van der Waals surface area contributed by atoms with Crippen LogP contribution in [0.4, 0.5) is 0 Å². The highest BCUT2D eigenvalue weighted by Crippen LogP contribution is 2.27. The molecule has 1 aliphatic carbocycles. The molecule has 4 heteroatoms. The summed E-state index contributed by atoms with van der Waals surface area (Å²) in [5, 5.41) is 0.957. The second kappa shape index (κ2) is 7.08. The Morgan fingerprint density at radius 2 is 1.96 bits per heavy atom. The lowest BCUT2D eigenvalue weighted by molar-refractivity contribution is 0.551. The van der Waals surface area contributed by atoms with Crippen LogP contribution in [-0.2, 0) is 6.42 Å². The van der Waals surface area contributed by atoms with Gasteiger partial charge in [-0.3, -0.25) is 4.98 Å². The maximum Gasteiger partial charge on any atom is 0.340 e. The van der Waals surface area contributed by atoms with Crippen LogP contribution < -0.4 is 11.4 Å². The Bertz CT molecular complexity index is 1150. The van der Waals surface area contributed by atoms with Gasteiger partial charge in [0.15, 0.2) is 0 Å². The van der Waals surface area contributed by atoms with Gasteiger partial charge in [-0.15, -0.1) is 0 Å². The number of rotatable bonds is 3. The summed E-state index contributed by atoms with van der Waals surface area (Å²) in [5.41, 5.74) is 11.7. The van der Waals surface area contributed by atoms with Gasteiger partial charge in [-0.1, -0.05) is 30.4 Å². The van der Waals surface area contributed by atoms with Crippen molar-refractivity contribution >= 4 is 11.0 Å². The van der Waals surface area contributed by atoms with Crippen molar-refractivity contribution < 1.29 is 4.42 Å². The minimum absolute atomic E-state index is 0.286. The number of benzene rings is 1. The van der Waals surface area contributed by atoms with Gasteiger partial charge in [-0.05, 0) is 53.5 Å². The van der Waals surface area contributed by atoms with Gasteiger partial charge in [0.25, 0.3) is 0 Å². The zero-order valence-electron chi connectivity index (χ0n) is 15.1. The average molecular weight is 356 g/mol. The molecule has 1 aliphatic rings. The third kappa shape index (κ3) is 3.47. The molecule has 134 valence electrons. The molecule has 0 atom stereocenters. The molecule has 1 aromatic carbocycles. The van der Waals surface area contributed by atoms with Crippen molar-refractivity contribution in [3.8, 4) is 11.1 Å².